The third-order valence-electron chi connectivity index (χ3n) is 2.86. The number of anilines is 1. The van der Waals surface area contributed by atoms with Gasteiger partial charge in [-0.25, -0.2) is 14.7 Å². The van der Waals surface area contributed by atoms with Gasteiger partial charge in [-0.2, -0.15) is 5.26 Å². The zero-order valence-corrected chi connectivity index (χ0v) is 12.5. The van der Waals surface area contributed by atoms with E-state index < -0.39 is 17.9 Å². The molecule has 1 aliphatic rings. The van der Waals surface area contributed by atoms with E-state index in [1.807, 2.05) is 6.07 Å². The number of nitrogens with zero attached hydrogens (tertiary/aromatic N) is 3. The van der Waals surface area contributed by atoms with Gasteiger partial charge in [0.2, 0.25) is 0 Å². The summed E-state index contributed by atoms with van der Waals surface area (Å²) in [6.45, 7) is 5.36. The van der Waals surface area contributed by atoms with Crippen LogP contribution in [0.15, 0.2) is 24.4 Å². The fourth-order valence-electron chi connectivity index (χ4n) is 2.14. The Morgan fingerprint density at radius 2 is 2.24 bits per heavy atom. The van der Waals surface area contributed by atoms with Crippen LogP contribution in [0, 0.1) is 11.3 Å². The van der Waals surface area contributed by atoms with E-state index >= 15 is 0 Å². The Morgan fingerprint density at radius 3 is 2.81 bits per heavy atom. The molecule has 1 unspecified atom stereocenters. The highest BCUT2D eigenvalue weighted by Crippen LogP contribution is 2.39. The molecule has 1 aliphatic heterocycles. The Kier molecular flexibility index (Phi) is 3.96. The Balaban J connectivity index is 2.48. The van der Waals surface area contributed by atoms with Crippen molar-refractivity contribution < 1.29 is 14.3 Å². The molecule has 1 aromatic heterocycles. The number of pyridine rings is 1. The van der Waals surface area contributed by atoms with Crippen molar-refractivity contribution in [2.45, 2.75) is 32.6 Å². The maximum Gasteiger partial charge on any atom is 0.418 e. The molecule has 0 N–H and O–H groups in total. The highest BCUT2D eigenvalue weighted by Gasteiger charge is 2.41. The van der Waals surface area contributed by atoms with Crippen LogP contribution in [0.4, 0.5) is 10.6 Å². The molecule has 1 amide bonds. The average Bonchev–Trinajstić information content (AvgIpc) is 2.71. The van der Waals surface area contributed by atoms with E-state index in [0.29, 0.717) is 17.0 Å². The van der Waals surface area contributed by atoms with Crippen molar-refractivity contribution >= 4 is 17.5 Å². The number of amides is 1. The highest BCUT2D eigenvalue weighted by atomic mass is 16.6. The Hall–Kier alpha value is -2.39. The van der Waals surface area contributed by atoms with Crippen LogP contribution < -0.4 is 4.90 Å². The quantitative estimate of drug-likeness (QED) is 0.742. The maximum atomic E-state index is 12.4. The van der Waals surface area contributed by atoms with E-state index in [0.717, 1.165) is 0 Å². The summed E-state index contributed by atoms with van der Waals surface area (Å²) in [5, 5.41) is 8.94. The first kappa shape index (κ1) is 15.0. The van der Waals surface area contributed by atoms with Crippen LogP contribution >= 0.6 is 0 Å². The van der Waals surface area contributed by atoms with E-state index in [9.17, 15) is 4.79 Å². The van der Waals surface area contributed by atoms with Crippen LogP contribution in [0.2, 0.25) is 0 Å². The summed E-state index contributed by atoms with van der Waals surface area (Å²) in [7, 11) is 1.47. The van der Waals surface area contributed by atoms with Gasteiger partial charge < -0.3 is 9.47 Å². The summed E-state index contributed by atoms with van der Waals surface area (Å²) < 4.78 is 10.8. The topological polar surface area (TPSA) is 75.5 Å². The third kappa shape index (κ3) is 2.88. The number of methoxy groups -OCH3 is 1. The summed E-state index contributed by atoms with van der Waals surface area (Å²) in [4.78, 5) is 18.0. The van der Waals surface area contributed by atoms with Gasteiger partial charge in [0.15, 0.2) is 6.23 Å². The normalized spacial score (nSPS) is 19.3. The molecule has 0 radical (unpaired) electrons. The molecule has 110 valence electrons. The van der Waals surface area contributed by atoms with Crippen molar-refractivity contribution in [1.29, 1.82) is 5.26 Å². The number of allylic oxidation sites excluding steroid dienone is 1. The van der Waals surface area contributed by atoms with Crippen LogP contribution in [0.3, 0.4) is 0 Å². The molecular formula is C15H17N3O3. The molecule has 0 saturated carbocycles. The van der Waals surface area contributed by atoms with Gasteiger partial charge in [0.25, 0.3) is 0 Å². The molecule has 0 aromatic carbocycles. The number of rotatable bonds is 1. The lowest BCUT2D eigenvalue weighted by Gasteiger charge is -2.27. The number of ether oxygens (including phenoxy) is 2. The van der Waals surface area contributed by atoms with Crippen molar-refractivity contribution in [2.24, 2.45) is 0 Å². The summed E-state index contributed by atoms with van der Waals surface area (Å²) in [5.41, 5.74) is 0.650. The largest absolute Gasteiger partial charge is 0.443 e. The molecule has 6 heteroatoms. The zero-order chi connectivity index (χ0) is 15.6. The zero-order valence-electron chi connectivity index (χ0n) is 12.5. The molecule has 1 aromatic rings. The Labute approximate surface area is 123 Å². The minimum absolute atomic E-state index is 0.431. The predicted molar refractivity (Wildman–Crippen MR) is 77.3 cm³/mol. The lowest BCUT2D eigenvalue weighted by Crippen LogP contribution is -2.42. The van der Waals surface area contributed by atoms with Crippen LogP contribution in [-0.2, 0) is 9.47 Å². The van der Waals surface area contributed by atoms with E-state index in [1.165, 1.54) is 18.1 Å². The van der Waals surface area contributed by atoms with Gasteiger partial charge in [-0.15, -0.1) is 0 Å². The molecule has 0 saturated heterocycles. The predicted octanol–water partition coefficient (Wildman–Crippen LogP) is 2.72. The minimum atomic E-state index is -0.718. The number of carbonyl (C=O) groups is 1. The summed E-state index contributed by atoms with van der Waals surface area (Å²) in [5.74, 6) is 0.431. The average molecular weight is 287 g/mol. The number of aromatic nitrogens is 1. The lowest BCUT2D eigenvalue weighted by molar-refractivity contribution is 0.0479. The number of nitriles is 1. The molecule has 0 bridgehead atoms. The van der Waals surface area contributed by atoms with Crippen LogP contribution in [-0.4, -0.2) is 30.0 Å². The third-order valence-corrected chi connectivity index (χ3v) is 2.86. The molecule has 0 fully saturated rings. The molecule has 0 spiro atoms. The van der Waals surface area contributed by atoms with E-state index in [-0.39, 0.29) is 0 Å². The van der Waals surface area contributed by atoms with Gasteiger partial charge in [0.05, 0.1) is 6.07 Å². The SMILES string of the molecule is COC1/C(=C\C#N)c2cccnc2N1C(=O)OC(C)(C)C. The second-order valence-corrected chi connectivity index (χ2v) is 5.54. The number of fused-ring (bicyclic) bond motifs is 1. The molecule has 6 nitrogen and oxygen atoms in total. The first-order valence-corrected chi connectivity index (χ1v) is 6.49. The van der Waals surface area contributed by atoms with E-state index in [2.05, 4.69) is 4.98 Å². The maximum absolute atomic E-state index is 12.4. The summed E-state index contributed by atoms with van der Waals surface area (Å²) in [6.07, 6.45) is 1.66. The van der Waals surface area contributed by atoms with E-state index in [4.69, 9.17) is 14.7 Å². The Bertz CT molecular complexity index is 626. The monoisotopic (exact) mass is 287 g/mol. The number of hydrogen-bond donors (Lipinski definition) is 0. The van der Waals surface area contributed by atoms with Gasteiger partial charge in [0.1, 0.15) is 11.4 Å². The van der Waals surface area contributed by atoms with Crippen molar-refractivity contribution in [3.63, 3.8) is 0 Å². The van der Waals surface area contributed by atoms with Gasteiger partial charge in [0, 0.05) is 30.5 Å². The highest BCUT2D eigenvalue weighted by molar-refractivity contribution is 6.00. The van der Waals surface area contributed by atoms with Gasteiger partial charge in [-0.3, -0.25) is 0 Å². The molecule has 1 atom stereocenters. The minimum Gasteiger partial charge on any atom is -0.443 e. The molecule has 2 rings (SSSR count). The first-order chi connectivity index (χ1) is 9.89. The van der Waals surface area contributed by atoms with Crippen molar-refractivity contribution in [2.75, 3.05) is 12.0 Å². The summed E-state index contributed by atoms with van der Waals surface area (Å²) >= 11 is 0. The van der Waals surface area contributed by atoms with Crippen molar-refractivity contribution in [3.8, 4) is 6.07 Å². The molecule has 0 aliphatic carbocycles. The molecular weight excluding hydrogens is 270 g/mol. The van der Waals surface area contributed by atoms with Crippen molar-refractivity contribution in [1.82, 2.24) is 4.98 Å². The van der Waals surface area contributed by atoms with Crippen molar-refractivity contribution in [3.05, 3.63) is 30.0 Å². The van der Waals surface area contributed by atoms with Gasteiger partial charge in [-0.05, 0) is 32.9 Å². The van der Waals surface area contributed by atoms with Crippen LogP contribution in [0.5, 0.6) is 0 Å². The number of carbonyl (C=O) groups excluding carboxylic acids is 1. The van der Waals surface area contributed by atoms with Gasteiger partial charge >= 0.3 is 6.09 Å². The molecule has 21 heavy (non-hydrogen) atoms. The standard InChI is InChI=1S/C15H17N3O3/c1-15(2,3)21-14(19)18-12-10(6-5-9-17-12)11(7-8-16)13(18)20-4/h5-7,9,13H,1-4H3/b11-7-. The second kappa shape index (κ2) is 5.54. The first-order valence-electron chi connectivity index (χ1n) is 6.49. The lowest BCUT2D eigenvalue weighted by atomic mass is 10.1. The smallest absolute Gasteiger partial charge is 0.418 e. The second-order valence-electron chi connectivity index (χ2n) is 5.54. The van der Waals surface area contributed by atoms with E-state index in [1.54, 1.807) is 39.1 Å². The van der Waals surface area contributed by atoms with Gasteiger partial charge in [-0.1, -0.05) is 0 Å². The van der Waals surface area contributed by atoms with Crippen LogP contribution in [0.1, 0.15) is 26.3 Å². The summed E-state index contributed by atoms with van der Waals surface area (Å²) in [6, 6.07) is 5.51. The Morgan fingerprint density at radius 1 is 1.52 bits per heavy atom. The molecule has 2 heterocycles. The fraction of sp³-hybridized carbons (Fsp3) is 0.400. The van der Waals surface area contributed by atoms with Crippen LogP contribution in [0.25, 0.3) is 5.57 Å². The number of hydrogen-bond acceptors (Lipinski definition) is 5. The fourth-order valence-corrected chi connectivity index (χ4v) is 2.14.